The monoisotopic (exact) mass is 428 g/mol. The summed E-state index contributed by atoms with van der Waals surface area (Å²) in [6.07, 6.45) is 2.51. The van der Waals surface area contributed by atoms with Gasteiger partial charge in [-0.1, -0.05) is 19.1 Å². The van der Waals surface area contributed by atoms with Crippen LogP contribution in [0, 0.1) is 0 Å². The lowest BCUT2D eigenvalue weighted by atomic mass is 10.1. The number of H-pyrrole nitrogens is 1. The van der Waals surface area contributed by atoms with Crippen LogP contribution in [-0.4, -0.2) is 51.0 Å². The van der Waals surface area contributed by atoms with Gasteiger partial charge in [0.15, 0.2) is 12.3 Å². The minimum atomic E-state index is -0.791. The van der Waals surface area contributed by atoms with Crippen LogP contribution in [0.1, 0.15) is 62.0 Å². The molecule has 0 spiro atoms. The third-order valence-electron chi connectivity index (χ3n) is 5.15. The zero-order valence-electron chi connectivity index (χ0n) is 18.2. The lowest BCUT2D eigenvalue weighted by Crippen LogP contribution is -2.36. The Morgan fingerprint density at radius 2 is 2.03 bits per heavy atom. The number of likely N-dealkylation sites (N-methyl/N-ethyl adjacent to an activating group) is 1. The molecule has 0 radical (unpaired) electrons. The Balaban J connectivity index is 1.99. The number of fused-ring (bicyclic) bond motifs is 1. The molecule has 9 heteroatoms. The fraction of sp³-hybridized carbons (Fsp3) is 0.500. The van der Waals surface area contributed by atoms with Gasteiger partial charge in [-0.05, 0) is 39.2 Å². The Bertz CT molecular complexity index is 1140. The summed E-state index contributed by atoms with van der Waals surface area (Å²) in [6, 6.07) is 1.55. The number of aromatic amines is 1. The van der Waals surface area contributed by atoms with Crippen molar-refractivity contribution in [2.45, 2.75) is 52.5 Å². The number of nitrogens with one attached hydrogen (secondary N) is 1. The standard InChI is InChI=1S/C22H28N4O5/c1-5-9-26-19-18(20(28)24-22(26)30)15(10-16(23-19)14-7-8-14)21(29)31-12-17(27)25(6-2)11-13(3)4/h10,14H,3,5-9,11-12H2,1-2,4H3,(H,24,28,30). The van der Waals surface area contributed by atoms with Crippen molar-refractivity contribution in [3.8, 4) is 0 Å². The van der Waals surface area contributed by atoms with Crippen molar-refractivity contribution < 1.29 is 14.3 Å². The molecular formula is C22H28N4O5. The van der Waals surface area contributed by atoms with Crippen LogP contribution in [0.4, 0.5) is 0 Å². The Kier molecular flexibility index (Phi) is 6.72. The van der Waals surface area contributed by atoms with E-state index in [0.29, 0.717) is 31.7 Å². The summed E-state index contributed by atoms with van der Waals surface area (Å²) in [7, 11) is 0. The lowest BCUT2D eigenvalue weighted by molar-refractivity contribution is -0.133. The summed E-state index contributed by atoms with van der Waals surface area (Å²) in [5, 5.41) is 0.00387. The van der Waals surface area contributed by atoms with Crippen molar-refractivity contribution in [3.63, 3.8) is 0 Å². The van der Waals surface area contributed by atoms with E-state index in [2.05, 4.69) is 16.5 Å². The van der Waals surface area contributed by atoms with Gasteiger partial charge in [0.05, 0.1) is 10.9 Å². The van der Waals surface area contributed by atoms with Gasteiger partial charge < -0.3 is 9.64 Å². The highest BCUT2D eigenvalue weighted by Gasteiger charge is 2.29. The molecule has 1 saturated carbocycles. The molecule has 0 unspecified atom stereocenters. The predicted octanol–water partition coefficient (Wildman–Crippen LogP) is 1.95. The fourth-order valence-electron chi connectivity index (χ4n) is 3.47. The number of pyridine rings is 1. The Labute approximate surface area is 179 Å². The Morgan fingerprint density at radius 3 is 2.61 bits per heavy atom. The first kappa shape index (κ1) is 22.5. The van der Waals surface area contributed by atoms with Crippen LogP contribution in [0.5, 0.6) is 0 Å². The third-order valence-corrected chi connectivity index (χ3v) is 5.15. The van der Waals surface area contributed by atoms with Crippen molar-refractivity contribution in [3.05, 3.63) is 50.3 Å². The molecule has 2 aromatic rings. The molecule has 3 rings (SSSR count). The largest absolute Gasteiger partial charge is 0.452 e. The smallest absolute Gasteiger partial charge is 0.339 e. The number of carbonyl (C=O) groups is 2. The second-order valence-corrected chi connectivity index (χ2v) is 7.92. The molecule has 1 aliphatic rings. The zero-order chi connectivity index (χ0) is 22.7. The Morgan fingerprint density at radius 1 is 1.32 bits per heavy atom. The first-order valence-electron chi connectivity index (χ1n) is 10.5. The SMILES string of the molecule is C=C(C)CN(CC)C(=O)COC(=O)c1cc(C2CC2)nc2c1c(=O)[nH]c(=O)n2CCC. The molecule has 1 fully saturated rings. The molecule has 9 nitrogen and oxygen atoms in total. The first-order chi connectivity index (χ1) is 14.8. The summed E-state index contributed by atoms with van der Waals surface area (Å²) in [5.74, 6) is -0.953. The van der Waals surface area contributed by atoms with Gasteiger partial charge in [0.1, 0.15) is 0 Å². The van der Waals surface area contributed by atoms with Crippen LogP contribution in [0.25, 0.3) is 11.0 Å². The zero-order valence-corrected chi connectivity index (χ0v) is 18.2. The summed E-state index contributed by atoms with van der Waals surface area (Å²) in [5.41, 5.74) is 0.407. The molecule has 0 aromatic carbocycles. The fourth-order valence-corrected chi connectivity index (χ4v) is 3.47. The van der Waals surface area contributed by atoms with E-state index < -0.39 is 23.8 Å². The van der Waals surface area contributed by atoms with Crippen molar-refractivity contribution in [2.24, 2.45) is 0 Å². The van der Waals surface area contributed by atoms with E-state index >= 15 is 0 Å². The number of aromatic nitrogens is 3. The van der Waals surface area contributed by atoms with E-state index in [4.69, 9.17) is 4.74 Å². The van der Waals surface area contributed by atoms with Gasteiger partial charge in [-0.25, -0.2) is 14.6 Å². The van der Waals surface area contributed by atoms with E-state index in [-0.39, 0.29) is 28.4 Å². The van der Waals surface area contributed by atoms with Crippen LogP contribution in [0.3, 0.4) is 0 Å². The number of aryl methyl sites for hydroxylation is 1. The van der Waals surface area contributed by atoms with Gasteiger partial charge in [0, 0.05) is 31.2 Å². The van der Waals surface area contributed by atoms with Crippen LogP contribution < -0.4 is 11.2 Å². The average Bonchev–Trinajstić information content (AvgIpc) is 3.57. The minimum Gasteiger partial charge on any atom is -0.452 e. The number of rotatable bonds is 9. The number of amides is 1. The number of hydrogen-bond acceptors (Lipinski definition) is 6. The van der Waals surface area contributed by atoms with Gasteiger partial charge in [0.25, 0.3) is 11.5 Å². The van der Waals surface area contributed by atoms with E-state index in [1.165, 1.54) is 9.47 Å². The van der Waals surface area contributed by atoms with E-state index in [0.717, 1.165) is 18.4 Å². The maximum atomic E-state index is 12.9. The lowest BCUT2D eigenvalue weighted by Gasteiger charge is -2.20. The summed E-state index contributed by atoms with van der Waals surface area (Å²) in [6.45, 7) is 10.1. The molecule has 31 heavy (non-hydrogen) atoms. The van der Waals surface area contributed by atoms with Gasteiger partial charge >= 0.3 is 11.7 Å². The van der Waals surface area contributed by atoms with Crippen LogP contribution in [0.15, 0.2) is 27.8 Å². The number of carbonyl (C=O) groups excluding carboxylic acids is 2. The Hall–Kier alpha value is -3.23. The molecule has 2 aromatic heterocycles. The van der Waals surface area contributed by atoms with Gasteiger partial charge in [-0.2, -0.15) is 0 Å². The topological polar surface area (TPSA) is 114 Å². The number of esters is 1. The van der Waals surface area contributed by atoms with Gasteiger partial charge in [0.2, 0.25) is 0 Å². The molecular weight excluding hydrogens is 400 g/mol. The first-order valence-corrected chi connectivity index (χ1v) is 10.5. The highest BCUT2D eigenvalue weighted by molar-refractivity contribution is 6.03. The quantitative estimate of drug-likeness (QED) is 0.482. The van der Waals surface area contributed by atoms with Crippen molar-refractivity contribution in [1.29, 1.82) is 0 Å². The second-order valence-electron chi connectivity index (χ2n) is 7.92. The molecule has 0 bridgehead atoms. The molecule has 166 valence electrons. The maximum absolute atomic E-state index is 12.9. The second kappa shape index (κ2) is 9.28. The molecule has 1 amide bonds. The van der Waals surface area contributed by atoms with Crippen molar-refractivity contribution in [2.75, 3.05) is 19.7 Å². The number of ether oxygens (including phenoxy) is 1. The molecule has 0 saturated heterocycles. The van der Waals surface area contributed by atoms with Crippen LogP contribution in [0.2, 0.25) is 0 Å². The summed E-state index contributed by atoms with van der Waals surface area (Å²) in [4.78, 5) is 58.6. The highest BCUT2D eigenvalue weighted by atomic mass is 16.5. The summed E-state index contributed by atoms with van der Waals surface area (Å²) < 4.78 is 6.65. The van der Waals surface area contributed by atoms with E-state index in [1.54, 1.807) is 6.07 Å². The van der Waals surface area contributed by atoms with Gasteiger partial charge in [-0.3, -0.25) is 19.1 Å². The number of hydrogen-bond donors (Lipinski definition) is 1. The van der Waals surface area contributed by atoms with Gasteiger partial charge in [-0.15, -0.1) is 0 Å². The minimum absolute atomic E-state index is 0.00387. The summed E-state index contributed by atoms with van der Waals surface area (Å²) >= 11 is 0. The predicted molar refractivity (Wildman–Crippen MR) is 116 cm³/mol. The molecule has 0 aliphatic heterocycles. The number of nitrogens with zero attached hydrogens (tertiary/aromatic N) is 3. The molecule has 1 aliphatic carbocycles. The normalized spacial score (nSPS) is 13.3. The molecule has 2 heterocycles. The maximum Gasteiger partial charge on any atom is 0.339 e. The molecule has 0 atom stereocenters. The van der Waals surface area contributed by atoms with Crippen molar-refractivity contribution >= 4 is 22.9 Å². The van der Waals surface area contributed by atoms with E-state index in [9.17, 15) is 19.2 Å². The van der Waals surface area contributed by atoms with Crippen molar-refractivity contribution in [1.82, 2.24) is 19.4 Å². The third kappa shape index (κ3) is 4.92. The van der Waals surface area contributed by atoms with Crippen LogP contribution in [-0.2, 0) is 16.1 Å². The van der Waals surface area contributed by atoms with Crippen LogP contribution >= 0.6 is 0 Å². The highest BCUT2D eigenvalue weighted by Crippen LogP contribution is 2.40. The average molecular weight is 428 g/mol. The van der Waals surface area contributed by atoms with E-state index in [1.807, 2.05) is 20.8 Å². The molecule has 1 N–H and O–H groups in total.